The number of fused-ring (bicyclic) bond motifs is 3. The lowest BCUT2D eigenvalue weighted by atomic mass is 9.91. The molecule has 0 amide bonds. The minimum absolute atomic E-state index is 0.816. The van der Waals surface area contributed by atoms with E-state index in [9.17, 15) is 0 Å². The molecule has 4 nitrogen and oxygen atoms in total. The van der Waals surface area contributed by atoms with Crippen LogP contribution in [0.4, 0.5) is 34.1 Å². The van der Waals surface area contributed by atoms with Crippen molar-refractivity contribution in [2.45, 2.75) is 0 Å². The van der Waals surface area contributed by atoms with Crippen molar-refractivity contribution in [3.63, 3.8) is 0 Å². The van der Waals surface area contributed by atoms with Crippen LogP contribution < -0.4 is 9.80 Å². The van der Waals surface area contributed by atoms with E-state index < -0.39 is 0 Å². The van der Waals surface area contributed by atoms with Crippen molar-refractivity contribution in [1.82, 2.24) is 9.97 Å². The standard InChI is InChI=1S/C76H52N4/c1-5-23-61(24-6-1)79(62-25-7-2-8-26-62)65-47-43-55(44-48-65)53-35-39-59(40-36-53)73-74(60-41-37-54(38-42-60)56-45-49-66(50-46-56)80(63-27-9-3-10-28-63)64-29-11-4-12-30-64)78-76-72(70-34-18-22-58-20-14-16-32-68(58)70)52-51-71(75(76)77-73)69-33-17-21-57-19-13-15-31-67(57)69/h1-52H. The zero-order chi connectivity index (χ0) is 53.2. The first-order valence-electron chi connectivity index (χ1n) is 27.2. The number of para-hydroxylation sites is 4. The lowest BCUT2D eigenvalue weighted by Gasteiger charge is -2.25. The van der Waals surface area contributed by atoms with Crippen LogP contribution in [-0.4, -0.2) is 9.97 Å². The highest BCUT2D eigenvalue weighted by molar-refractivity contribution is 6.11. The largest absolute Gasteiger partial charge is 0.311 e. The van der Waals surface area contributed by atoms with Crippen LogP contribution >= 0.6 is 0 Å². The summed E-state index contributed by atoms with van der Waals surface area (Å²) in [5.41, 5.74) is 20.7. The molecule has 14 aromatic rings. The average Bonchev–Trinajstić information content (AvgIpc) is 3.55. The maximum Gasteiger partial charge on any atom is 0.0979 e. The second-order valence-electron chi connectivity index (χ2n) is 20.1. The highest BCUT2D eigenvalue weighted by Gasteiger charge is 2.22. The van der Waals surface area contributed by atoms with E-state index in [1.165, 1.54) is 21.5 Å². The van der Waals surface area contributed by atoms with Crippen molar-refractivity contribution in [2.75, 3.05) is 9.80 Å². The molecule has 0 bridgehead atoms. The van der Waals surface area contributed by atoms with Gasteiger partial charge in [0.25, 0.3) is 0 Å². The lowest BCUT2D eigenvalue weighted by Crippen LogP contribution is -2.09. The molecule has 1 aromatic heterocycles. The zero-order valence-corrected chi connectivity index (χ0v) is 43.8. The summed E-state index contributed by atoms with van der Waals surface area (Å²) in [7, 11) is 0. The van der Waals surface area contributed by atoms with Crippen LogP contribution in [0.25, 0.3) is 99.6 Å². The molecule has 1 heterocycles. The van der Waals surface area contributed by atoms with Crippen molar-refractivity contribution < 1.29 is 0 Å². The fourth-order valence-electron chi connectivity index (χ4n) is 11.3. The minimum atomic E-state index is 0.816. The Morgan fingerprint density at radius 3 is 0.787 bits per heavy atom. The van der Waals surface area contributed by atoms with Gasteiger partial charge in [0.15, 0.2) is 0 Å². The number of hydrogen-bond acceptors (Lipinski definition) is 4. The number of nitrogens with zero attached hydrogens (tertiary/aromatic N) is 4. The predicted molar refractivity (Wildman–Crippen MR) is 337 cm³/mol. The average molecular weight is 1020 g/mol. The number of hydrogen-bond donors (Lipinski definition) is 0. The number of anilines is 6. The summed E-state index contributed by atoms with van der Waals surface area (Å²) < 4.78 is 0. The van der Waals surface area contributed by atoms with E-state index in [2.05, 4.69) is 325 Å². The van der Waals surface area contributed by atoms with Gasteiger partial charge in [-0.2, -0.15) is 0 Å². The van der Waals surface area contributed by atoms with Crippen molar-refractivity contribution in [3.05, 3.63) is 315 Å². The van der Waals surface area contributed by atoms with E-state index >= 15 is 0 Å². The van der Waals surface area contributed by atoms with Crippen molar-refractivity contribution in [3.8, 4) is 67.0 Å². The highest BCUT2D eigenvalue weighted by Crippen LogP contribution is 2.44. The molecule has 0 aliphatic carbocycles. The summed E-state index contributed by atoms with van der Waals surface area (Å²) in [6, 6.07) is 112. The molecule has 0 radical (unpaired) electrons. The molecule has 80 heavy (non-hydrogen) atoms. The van der Waals surface area contributed by atoms with E-state index in [1.54, 1.807) is 0 Å². The van der Waals surface area contributed by atoms with Crippen molar-refractivity contribution in [2.24, 2.45) is 0 Å². The maximum atomic E-state index is 5.85. The number of benzene rings is 13. The summed E-state index contributed by atoms with van der Waals surface area (Å²) in [6.45, 7) is 0. The molecular weight excluding hydrogens is 969 g/mol. The third-order valence-electron chi connectivity index (χ3n) is 15.3. The third-order valence-corrected chi connectivity index (χ3v) is 15.3. The lowest BCUT2D eigenvalue weighted by molar-refractivity contribution is 1.28. The Hall–Kier alpha value is -10.7. The zero-order valence-electron chi connectivity index (χ0n) is 43.8. The second kappa shape index (κ2) is 21.0. The van der Waals surface area contributed by atoms with Gasteiger partial charge in [-0.3, -0.25) is 0 Å². The molecule has 0 spiro atoms. The molecule has 0 atom stereocenters. The molecule has 0 aliphatic rings. The number of rotatable bonds is 12. The predicted octanol–water partition coefficient (Wildman–Crippen LogP) is 20.9. The van der Waals surface area contributed by atoms with Gasteiger partial charge < -0.3 is 9.80 Å². The first kappa shape index (κ1) is 47.7. The molecule has 376 valence electrons. The highest BCUT2D eigenvalue weighted by atomic mass is 15.1. The van der Waals surface area contributed by atoms with E-state index in [4.69, 9.17) is 9.97 Å². The third kappa shape index (κ3) is 9.11. The Kier molecular flexibility index (Phi) is 12.6. The van der Waals surface area contributed by atoms with Crippen LogP contribution in [0.15, 0.2) is 315 Å². The quantitative estimate of drug-likeness (QED) is 0.122. The molecule has 4 heteroatoms. The van der Waals surface area contributed by atoms with E-state index in [0.29, 0.717) is 0 Å². The summed E-state index contributed by atoms with van der Waals surface area (Å²) in [4.78, 5) is 16.3. The van der Waals surface area contributed by atoms with Gasteiger partial charge >= 0.3 is 0 Å². The Balaban J connectivity index is 0.902. The molecule has 0 N–H and O–H groups in total. The molecule has 0 aliphatic heterocycles. The van der Waals surface area contributed by atoms with E-state index in [1.807, 2.05) is 0 Å². The Morgan fingerprint density at radius 1 is 0.188 bits per heavy atom. The van der Waals surface area contributed by atoms with Crippen LogP contribution in [0.3, 0.4) is 0 Å². The molecule has 0 unspecified atom stereocenters. The Labute approximate surface area is 466 Å². The van der Waals surface area contributed by atoms with Gasteiger partial charge in [0.05, 0.1) is 22.4 Å². The van der Waals surface area contributed by atoms with Gasteiger partial charge in [-0.1, -0.05) is 243 Å². The summed E-state index contributed by atoms with van der Waals surface area (Å²) in [5.74, 6) is 0. The first-order chi connectivity index (χ1) is 39.7. The van der Waals surface area contributed by atoms with Crippen molar-refractivity contribution in [1.29, 1.82) is 0 Å². The molecule has 0 saturated carbocycles. The first-order valence-corrected chi connectivity index (χ1v) is 27.2. The van der Waals surface area contributed by atoms with Crippen LogP contribution in [-0.2, 0) is 0 Å². The topological polar surface area (TPSA) is 32.3 Å². The van der Waals surface area contributed by atoms with Gasteiger partial charge in [-0.05, 0) is 128 Å². The monoisotopic (exact) mass is 1020 g/mol. The van der Waals surface area contributed by atoms with Crippen LogP contribution in [0.2, 0.25) is 0 Å². The second-order valence-corrected chi connectivity index (χ2v) is 20.1. The fourth-order valence-corrected chi connectivity index (χ4v) is 11.3. The van der Waals surface area contributed by atoms with Crippen LogP contribution in [0.5, 0.6) is 0 Å². The summed E-state index contributed by atoms with van der Waals surface area (Å²) in [6.07, 6.45) is 0. The van der Waals surface area contributed by atoms with Gasteiger partial charge in [0.1, 0.15) is 0 Å². The smallest absolute Gasteiger partial charge is 0.0979 e. The van der Waals surface area contributed by atoms with Gasteiger partial charge in [0.2, 0.25) is 0 Å². The summed E-state index contributed by atoms with van der Waals surface area (Å²) in [5, 5.41) is 4.70. The summed E-state index contributed by atoms with van der Waals surface area (Å²) >= 11 is 0. The van der Waals surface area contributed by atoms with Crippen LogP contribution in [0, 0.1) is 0 Å². The fraction of sp³-hybridized carbons (Fsp3) is 0. The van der Waals surface area contributed by atoms with Gasteiger partial charge in [0, 0.05) is 56.4 Å². The molecule has 13 aromatic carbocycles. The molecule has 0 saturated heterocycles. The number of aromatic nitrogens is 2. The Bertz CT molecular complexity index is 4090. The normalized spacial score (nSPS) is 11.2. The van der Waals surface area contributed by atoms with Crippen molar-refractivity contribution >= 4 is 66.7 Å². The maximum absolute atomic E-state index is 5.85. The molecule has 14 rings (SSSR count). The van der Waals surface area contributed by atoms with Crippen LogP contribution in [0.1, 0.15) is 0 Å². The van der Waals surface area contributed by atoms with Gasteiger partial charge in [-0.15, -0.1) is 0 Å². The Morgan fingerprint density at radius 2 is 0.450 bits per heavy atom. The SMILES string of the molecule is c1ccc(N(c2ccccc2)c2ccc(-c3ccc(-c4nc5c(-c6cccc7ccccc67)ccc(-c6cccc7ccccc67)c5nc4-c4ccc(-c5ccc(N(c6ccccc6)c6ccccc6)cc5)cc4)cc3)cc2)cc1. The molecule has 0 fully saturated rings. The van der Waals surface area contributed by atoms with E-state index in [-0.39, 0.29) is 0 Å². The van der Waals surface area contributed by atoms with E-state index in [0.717, 1.165) is 112 Å². The minimum Gasteiger partial charge on any atom is -0.311 e. The molecular formula is C76H52N4. The van der Waals surface area contributed by atoms with Gasteiger partial charge in [-0.25, -0.2) is 9.97 Å².